The van der Waals surface area contributed by atoms with Gasteiger partial charge in [-0.1, -0.05) is 0 Å². The molecule has 114 valence electrons. The van der Waals surface area contributed by atoms with Gasteiger partial charge >= 0.3 is 0 Å². The summed E-state index contributed by atoms with van der Waals surface area (Å²) in [6.07, 6.45) is 3.32. The Morgan fingerprint density at radius 2 is 2.18 bits per heavy atom. The van der Waals surface area contributed by atoms with Crippen LogP contribution in [-0.4, -0.2) is 35.7 Å². The number of rotatable bonds is 4. The van der Waals surface area contributed by atoms with Gasteiger partial charge in [0, 0.05) is 24.8 Å². The summed E-state index contributed by atoms with van der Waals surface area (Å²) in [6, 6.07) is 7.21. The third kappa shape index (κ3) is 2.78. The van der Waals surface area contributed by atoms with Crippen LogP contribution in [0.25, 0.3) is 0 Å². The number of hydrogen-bond acceptors (Lipinski definition) is 4. The number of methoxy groups -OCH3 is 1. The molecule has 22 heavy (non-hydrogen) atoms. The summed E-state index contributed by atoms with van der Waals surface area (Å²) in [6.45, 7) is 0.370. The Hall–Kier alpha value is -2.83. The molecular formula is C15H16N4O3. The normalized spacial score (nSPS) is 17.6. The van der Waals surface area contributed by atoms with Crippen molar-refractivity contribution in [1.82, 2.24) is 10.2 Å². The van der Waals surface area contributed by atoms with Gasteiger partial charge in [-0.05, 0) is 24.3 Å². The topological polar surface area (TPSA) is 87.3 Å². The van der Waals surface area contributed by atoms with Crippen molar-refractivity contribution in [1.29, 1.82) is 0 Å². The van der Waals surface area contributed by atoms with Crippen LogP contribution in [0.1, 0.15) is 6.42 Å². The first-order valence-corrected chi connectivity index (χ1v) is 6.91. The minimum absolute atomic E-state index is 0.0579. The largest absolute Gasteiger partial charge is 0.497 e. The zero-order valence-electron chi connectivity index (χ0n) is 12.1. The number of hydrogen-bond donors (Lipinski definition) is 2. The fourth-order valence-corrected chi connectivity index (χ4v) is 2.46. The lowest BCUT2D eigenvalue weighted by Gasteiger charge is -2.17. The van der Waals surface area contributed by atoms with Gasteiger partial charge in [-0.25, -0.2) is 0 Å². The predicted molar refractivity (Wildman–Crippen MR) is 80.7 cm³/mol. The number of carbonyl (C=O) groups excluding carboxylic acids is 2. The van der Waals surface area contributed by atoms with Crippen LogP contribution in [0, 0.1) is 5.92 Å². The molecule has 2 aromatic rings. The summed E-state index contributed by atoms with van der Waals surface area (Å²) in [4.78, 5) is 26.0. The number of aromatic nitrogens is 2. The maximum absolute atomic E-state index is 12.2. The Labute approximate surface area is 127 Å². The maximum atomic E-state index is 12.2. The molecule has 0 spiro atoms. The number of nitrogens with one attached hydrogen (secondary N) is 2. The van der Waals surface area contributed by atoms with E-state index in [1.807, 2.05) is 12.1 Å². The van der Waals surface area contributed by atoms with Crippen molar-refractivity contribution in [2.75, 3.05) is 23.9 Å². The Balaban J connectivity index is 1.68. The van der Waals surface area contributed by atoms with Gasteiger partial charge in [0.1, 0.15) is 5.75 Å². The van der Waals surface area contributed by atoms with Crippen LogP contribution in [0.5, 0.6) is 5.75 Å². The number of benzene rings is 1. The number of amides is 2. The third-order valence-electron chi connectivity index (χ3n) is 3.65. The van der Waals surface area contributed by atoms with Gasteiger partial charge in [0.25, 0.3) is 0 Å². The number of ether oxygens (including phenoxy) is 1. The standard InChI is InChI=1S/C15H16N4O3/c1-22-13-4-2-12(3-5-13)19-9-10(6-14(19)20)15(21)18-11-7-16-17-8-11/h2-5,7-8,10H,6,9H2,1H3,(H,16,17)(H,18,21). The molecule has 3 rings (SSSR count). The van der Waals surface area contributed by atoms with Gasteiger partial charge in [-0.3, -0.25) is 14.7 Å². The van der Waals surface area contributed by atoms with Crippen LogP contribution in [0.15, 0.2) is 36.7 Å². The SMILES string of the molecule is COc1ccc(N2CC(C(=O)Nc3cn[nH]c3)CC2=O)cc1. The van der Waals surface area contributed by atoms with Crippen molar-refractivity contribution >= 4 is 23.2 Å². The molecule has 0 bridgehead atoms. The van der Waals surface area contributed by atoms with Crippen molar-refractivity contribution in [3.8, 4) is 5.75 Å². The summed E-state index contributed by atoms with van der Waals surface area (Å²) >= 11 is 0. The molecule has 7 nitrogen and oxygen atoms in total. The molecule has 1 atom stereocenters. The van der Waals surface area contributed by atoms with Crippen molar-refractivity contribution in [3.63, 3.8) is 0 Å². The Bertz CT molecular complexity index is 667. The van der Waals surface area contributed by atoms with E-state index in [1.165, 1.54) is 6.20 Å². The molecule has 2 heterocycles. The van der Waals surface area contributed by atoms with Crippen LogP contribution < -0.4 is 15.0 Å². The van der Waals surface area contributed by atoms with Crippen LogP contribution in [0.2, 0.25) is 0 Å². The fraction of sp³-hybridized carbons (Fsp3) is 0.267. The highest BCUT2D eigenvalue weighted by Gasteiger charge is 2.35. The van der Waals surface area contributed by atoms with Crippen LogP contribution in [-0.2, 0) is 9.59 Å². The molecule has 7 heteroatoms. The second kappa shape index (κ2) is 5.88. The first-order valence-electron chi connectivity index (χ1n) is 6.91. The highest BCUT2D eigenvalue weighted by molar-refractivity contribution is 6.03. The molecule has 2 amide bonds. The quantitative estimate of drug-likeness (QED) is 0.893. The highest BCUT2D eigenvalue weighted by atomic mass is 16.5. The summed E-state index contributed by atoms with van der Waals surface area (Å²) in [5.41, 5.74) is 1.37. The van der Waals surface area contributed by atoms with Gasteiger partial charge in [-0.15, -0.1) is 0 Å². The van der Waals surface area contributed by atoms with Crippen LogP contribution in [0.4, 0.5) is 11.4 Å². The molecule has 1 aromatic carbocycles. The fourth-order valence-electron chi connectivity index (χ4n) is 2.46. The highest BCUT2D eigenvalue weighted by Crippen LogP contribution is 2.27. The molecule has 2 N–H and O–H groups in total. The van der Waals surface area contributed by atoms with E-state index < -0.39 is 0 Å². The lowest BCUT2D eigenvalue weighted by molar-refractivity contribution is -0.122. The molecule has 1 aliphatic heterocycles. The molecule has 1 saturated heterocycles. The average molecular weight is 300 g/mol. The number of H-pyrrole nitrogens is 1. The Morgan fingerprint density at radius 3 is 2.82 bits per heavy atom. The van der Waals surface area contributed by atoms with Crippen molar-refractivity contribution in [2.45, 2.75) is 6.42 Å². The van der Waals surface area contributed by atoms with E-state index in [0.29, 0.717) is 12.2 Å². The van der Waals surface area contributed by atoms with E-state index in [9.17, 15) is 9.59 Å². The van der Waals surface area contributed by atoms with E-state index in [1.54, 1.807) is 30.3 Å². The molecule has 0 aliphatic carbocycles. The molecule has 1 aliphatic rings. The number of carbonyl (C=O) groups is 2. The summed E-state index contributed by atoms with van der Waals surface area (Å²) in [7, 11) is 1.59. The van der Waals surface area contributed by atoms with Gasteiger partial charge in [0.15, 0.2) is 0 Å². The van der Waals surface area contributed by atoms with Crippen molar-refractivity contribution in [2.24, 2.45) is 5.92 Å². The van der Waals surface area contributed by atoms with E-state index >= 15 is 0 Å². The van der Waals surface area contributed by atoms with Gasteiger partial charge in [0.05, 0.1) is 24.9 Å². The molecule has 1 aromatic heterocycles. The lowest BCUT2D eigenvalue weighted by Crippen LogP contribution is -2.28. The minimum Gasteiger partial charge on any atom is -0.497 e. The number of aromatic amines is 1. The van der Waals surface area contributed by atoms with E-state index in [-0.39, 0.29) is 24.2 Å². The summed E-state index contributed by atoms with van der Waals surface area (Å²) in [5, 5.41) is 9.14. The molecule has 0 radical (unpaired) electrons. The van der Waals surface area contributed by atoms with Crippen molar-refractivity contribution in [3.05, 3.63) is 36.7 Å². The first-order chi connectivity index (χ1) is 10.7. The molecule has 1 unspecified atom stereocenters. The van der Waals surface area contributed by atoms with E-state index in [0.717, 1.165) is 11.4 Å². The maximum Gasteiger partial charge on any atom is 0.229 e. The third-order valence-corrected chi connectivity index (χ3v) is 3.65. The molecule has 0 saturated carbocycles. The minimum atomic E-state index is -0.371. The predicted octanol–water partition coefficient (Wildman–Crippen LogP) is 1.41. The van der Waals surface area contributed by atoms with Gasteiger partial charge in [0.2, 0.25) is 11.8 Å². The monoisotopic (exact) mass is 300 g/mol. The Kier molecular flexibility index (Phi) is 3.78. The zero-order valence-corrected chi connectivity index (χ0v) is 12.1. The van der Waals surface area contributed by atoms with Crippen LogP contribution in [0.3, 0.4) is 0 Å². The second-order valence-electron chi connectivity index (χ2n) is 5.08. The van der Waals surface area contributed by atoms with Crippen LogP contribution >= 0.6 is 0 Å². The van der Waals surface area contributed by atoms with E-state index in [4.69, 9.17) is 4.74 Å². The van der Waals surface area contributed by atoms with E-state index in [2.05, 4.69) is 15.5 Å². The first kappa shape index (κ1) is 14.1. The summed E-state index contributed by atoms with van der Waals surface area (Å²) < 4.78 is 5.10. The second-order valence-corrected chi connectivity index (χ2v) is 5.08. The Morgan fingerprint density at radius 1 is 1.41 bits per heavy atom. The average Bonchev–Trinajstić information content (AvgIpc) is 3.17. The van der Waals surface area contributed by atoms with Gasteiger partial charge < -0.3 is 15.0 Å². The van der Waals surface area contributed by atoms with Crippen molar-refractivity contribution < 1.29 is 14.3 Å². The summed E-state index contributed by atoms with van der Waals surface area (Å²) in [5.74, 6) is 0.123. The number of nitrogens with zero attached hydrogens (tertiary/aromatic N) is 2. The van der Waals surface area contributed by atoms with Gasteiger partial charge in [-0.2, -0.15) is 5.10 Å². The number of anilines is 2. The molecule has 1 fully saturated rings. The lowest BCUT2D eigenvalue weighted by atomic mass is 10.1. The zero-order chi connectivity index (χ0) is 15.5. The molecular weight excluding hydrogens is 284 g/mol. The smallest absolute Gasteiger partial charge is 0.229 e.